The van der Waals surface area contributed by atoms with Crippen molar-refractivity contribution in [3.8, 4) is 11.1 Å². The maximum Gasteiger partial charge on any atom is 0.435 e. The van der Waals surface area contributed by atoms with Gasteiger partial charge in [-0.2, -0.15) is 9.78 Å². The lowest BCUT2D eigenvalue weighted by atomic mass is 10.1. The molecule has 2 aromatic carbocycles. The normalized spacial score (nSPS) is 12.4. The summed E-state index contributed by atoms with van der Waals surface area (Å²) in [6.45, 7) is 10.7. The summed E-state index contributed by atoms with van der Waals surface area (Å²) in [5.74, 6) is -0.424. The molecule has 0 aliphatic heterocycles. The number of nitrogens with zero attached hydrogens (tertiary/aromatic N) is 2. The van der Waals surface area contributed by atoms with Crippen LogP contribution in [0.1, 0.15) is 47.1 Å². The zero-order chi connectivity index (χ0) is 28.6. The molecule has 1 unspecified atom stereocenters. The number of ether oxygens (including phenoxy) is 3. The van der Waals surface area contributed by atoms with E-state index in [1.54, 1.807) is 78.2 Å². The number of carbonyl (C=O) groups is 3. The second-order valence-corrected chi connectivity index (χ2v) is 10.9. The molecule has 0 bridgehead atoms. The molecular weight excluding hydrogens is 500 g/mol. The fourth-order valence-corrected chi connectivity index (χ4v) is 3.34. The standard InChI is InChI=1S/C29H36N4O6/c1-28(2,3)38-26(35)30-17-24(37-19-20-10-8-7-9-11-20)25(34)32-23-14-12-21(13-15-23)22-16-31-33(18-22)27(36)39-29(4,5)6/h7-16,18,24H,17,19H2,1-6H3,(H,30,35)(H,32,34). The smallest absolute Gasteiger partial charge is 0.435 e. The molecule has 1 aromatic heterocycles. The molecule has 0 radical (unpaired) electrons. The average Bonchev–Trinajstić information content (AvgIpc) is 3.34. The lowest BCUT2D eigenvalue weighted by Gasteiger charge is -2.22. The van der Waals surface area contributed by atoms with Gasteiger partial charge in [-0.3, -0.25) is 4.79 Å². The number of anilines is 1. The summed E-state index contributed by atoms with van der Waals surface area (Å²) >= 11 is 0. The molecule has 0 saturated carbocycles. The number of hydrogen-bond donors (Lipinski definition) is 2. The third-order valence-electron chi connectivity index (χ3n) is 5.07. The number of alkyl carbamates (subject to hydrolysis) is 1. The third kappa shape index (κ3) is 9.90. The van der Waals surface area contributed by atoms with Crippen LogP contribution in [0, 0.1) is 0 Å². The van der Waals surface area contributed by atoms with Crippen molar-refractivity contribution >= 4 is 23.8 Å². The van der Waals surface area contributed by atoms with Crippen LogP contribution in [-0.4, -0.2) is 51.7 Å². The zero-order valence-corrected chi connectivity index (χ0v) is 23.2. The van der Waals surface area contributed by atoms with Crippen molar-refractivity contribution in [2.75, 3.05) is 11.9 Å². The van der Waals surface area contributed by atoms with E-state index >= 15 is 0 Å². The Hall–Kier alpha value is -4.18. The Balaban J connectivity index is 1.65. The summed E-state index contributed by atoms with van der Waals surface area (Å²) in [4.78, 5) is 37.5. The minimum absolute atomic E-state index is 0.0739. The van der Waals surface area contributed by atoms with Gasteiger partial charge >= 0.3 is 12.2 Å². The zero-order valence-electron chi connectivity index (χ0n) is 23.2. The molecule has 2 amide bonds. The maximum absolute atomic E-state index is 13.1. The molecule has 0 fully saturated rings. The van der Waals surface area contributed by atoms with Gasteiger partial charge in [0, 0.05) is 17.4 Å². The molecule has 0 spiro atoms. The summed E-state index contributed by atoms with van der Waals surface area (Å²) in [5.41, 5.74) is 1.64. The van der Waals surface area contributed by atoms with Crippen molar-refractivity contribution in [3.63, 3.8) is 0 Å². The van der Waals surface area contributed by atoms with Crippen LogP contribution in [0.4, 0.5) is 15.3 Å². The SMILES string of the molecule is CC(C)(C)OC(=O)NCC(OCc1ccccc1)C(=O)Nc1ccc(-c2cnn(C(=O)OC(C)(C)C)c2)cc1. The minimum Gasteiger partial charge on any atom is -0.444 e. The van der Waals surface area contributed by atoms with Gasteiger partial charge in [0.25, 0.3) is 5.91 Å². The topological polar surface area (TPSA) is 121 Å². The number of benzene rings is 2. The Morgan fingerprint density at radius 2 is 1.51 bits per heavy atom. The van der Waals surface area contributed by atoms with E-state index in [4.69, 9.17) is 14.2 Å². The van der Waals surface area contributed by atoms with E-state index in [0.29, 0.717) is 11.3 Å². The van der Waals surface area contributed by atoms with Crippen molar-refractivity contribution in [2.24, 2.45) is 0 Å². The van der Waals surface area contributed by atoms with E-state index in [0.717, 1.165) is 15.8 Å². The molecule has 0 aliphatic rings. The van der Waals surface area contributed by atoms with Crippen LogP contribution in [0.25, 0.3) is 11.1 Å². The third-order valence-corrected chi connectivity index (χ3v) is 5.07. The van der Waals surface area contributed by atoms with Crippen LogP contribution in [0.2, 0.25) is 0 Å². The number of carbonyl (C=O) groups excluding carboxylic acids is 3. The van der Waals surface area contributed by atoms with Crippen molar-refractivity contribution in [3.05, 3.63) is 72.6 Å². The molecule has 10 nitrogen and oxygen atoms in total. The van der Waals surface area contributed by atoms with Crippen molar-refractivity contribution in [1.82, 2.24) is 15.1 Å². The van der Waals surface area contributed by atoms with Gasteiger partial charge in [-0.05, 0) is 64.8 Å². The first-order valence-corrected chi connectivity index (χ1v) is 12.6. The molecule has 3 rings (SSSR count). The van der Waals surface area contributed by atoms with Crippen LogP contribution >= 0.6 is 0 Å². The van der Waals surface area contributed by atoms with Crippen LogP contribution in [0.5, 0.6) is 0 Å². The van der Waals surface area contributed by atoms with Gasteiger partial charge in [0.2, 0.25) is 0 Å². The predicted octanol–water partition coefficient (Wildman–Crippen LogP) is 5.38. The molecule has 208 valence electrons. The molecule has 0 saturated heterocycles. The fourth-order valence-electron chi connectivity index (χ4n) is 3.34. The first-order valence-electron chi connectivity index (χ1n) is 12.6. The van der Waals surface area contributed by atoms with Gasteiger partial charge < -0.3 is 24.8 Å². The van der Waals surface area contributed by atoms with Gasteiger partial charge in [-0.15, -0.1) is 0 Å². The van der Waals surface area contributed by atoms with E-state index in [-0.39, 0.29) is 13.2 Å². The Morgan fingerprint density at radius 3 is 2.13 bits per heavy atom. The highest BCUT2D eigenvalue weighted by molar-refractivity contribution is 5.94. The lowest BCUT2D eigenvalue weighted by molar-refractivity contribution is -0.127. The van der Waals surface area contributed by atoms with E-state index in [9.17, 15) is 14.4 Å². The molecule has 1 atom stereocenters. The highest BCUT2D eigenvalue weighted by atomic mass is 16.6. The van der Waals surface area contributed by atoms with Crippen molar-refractivity contribution < 1.29 is 28.6 Å². The molecule has 2 N–H and O–H groups in total. The molecule has 39 heavy (non-hydrogen) atoms. The fraction of sp³-hybridized carbons (Fsp3) is 0.379. The minimum atomic E-state index is -0.968. The van der Waals surface area contributed by atoms with Crippen LogP contribution in [0.15, 0.2) is 67.0 Å². The maximum atomic E-state index is 13.1. The van der Waals surface area contributed by atoms with Crippen LogP contribution in [-0.2, 0) is 25.6 Å². The Kier molecular flexibility index (Phi) is 9.47. The second kappa shape index (κ2) is 12.6. The number of amides is 2. The van der Waals surface area contributed by atoms with Gasteiger partial charge in [0.1, 0.15) is 11.2 Å². The summed E-state index contributed by atoms with van der Waals surface area (Å²) in [7, 11) is 0. The first-order chi connectivity index (χ1) is 18.3. The quantitative estimate of drug-likeness (QED) is 0.396. The predicted molar refractivity (Wildman–Crippen MR) is 147 cm³/mol. The number of hydrogen-bond acceptors (Lipinski definition) is 7. The lowest BCUT2D eigenvalue weighted by Crippen LogP contribution is -2.43. The van der Waals surface area contributed by atoms with Gasteiger partial charge in [-0.1, -0.05) is 42.5 Å². The van der Waals surface area contributed by atoms with Gasteiger partial charge in [-0.25, -0.2) is 9.59 Å². The van der Waals surface area contributed by atoms with E-state index in [1.807, 2.05) is 30.3 Å². The molecule has 0 aliphatic carbocycles. The highest BCUT2D eigenvalue weighted by Gasteiger charge is 2.23. The number of aromatic nitrogens is 2. The van der Waals surface area contributed by atoms with E-state index in [1.165, 1.54) is 0 Å². The van der Waals surface area contributed by atoms with E-state index < -0.39 is 35.4 Å². The second-order valence-electron chi connectivity index (χ2n) is 10.9. The van der Waals surface area contributed by atoms with Crippen molar-refractivity contribution in [2.45, 2.75) is 65.5 Å². The molecular formula is C29H36N4O6. The van der Waals surface area contributed by atoms with Crippen LogP contribution < -0.4 is 10.6 Å². The Labute approximate surface area is 228 Å². The summed E-state index contributed by atoms with van der Waals surface area (Å²) in [5, 5.41) is 9.52. The number of rotatable bonds is 8. The van der Waals surface area contributed by atoms with Gasteiger partial charge in [0.15, 0.2) is 6.10 Å². The van der Waals surface area contributed by atoms with Crippen LogP contribution in [0.3, 0.4) is 0 Å². The summed E-state index contributed by atoms with van der Waals surface area (Å²) in [6.07, 6.45) is 0.966. The number of nitrogens with one attached hydrogen (secondary N) is 2. The molecule has 10 heteroatoms. The Bertz CT molecular complexity index is 1260. The highest BCUT2D eigenvalue weighted by Crippen LogP contribution is 2.22. The van der Waals surface area contributed by atoms with Gasteiger partial charge in [0.05, 0.1) is 19.3 Å². The molecule has 1 heterocycles. The summed E-state index contributed by atoms with van der Waals surface area (Å²) < 4.78 is 17.6. The molecule has 3 aromatic rings. The Morgan fingerprint density at radius 1 is 0.872 bits per heavy atom. The largest absolute Gasteiger partial charge is 0.444 e. The van der Waals surface area contributed by atoms with Crippen molar-refractivity contribution in [1.29, 1.82) is 0 Å². The first kappa shape index (κ1) is 29.4. The average molecular weight is 537 g/mol. The van der Waals surface area contributed by atoms with E-state index in [2.05, 4.69) is 15.7 Å². The monoisotopic (exact) mass is 536 g/mol. The summed E-state index contributed by atoms with van der Waals surface area (Å²) in [6, 6.07) is 16.5.